The van der Waals surface area contributed by atoms with Gasteiger partial charge in [0.2, 0.25) is 0 Å². The van der Waals surface area contributed by atoms with Gasteiger partial charge in [-0.2, -0.15) is 0 Å². The van der Waals surface area contributed by atoms with Crippen LogP contribution in [0, 0.1) is 0 Å². The minimum atomic E-state index is -0.938. The molecule has 0 spiro atoms. The second kappa shape index (κ2) is 6.36. The molecule has 0 radical (unpaired) electrons. The molecule has 0 saturated heterocycles. The van der Waals surface area contributed by atoms with Crippen molar-refractivity contribution < 1.29 is 9.90 Å². The van der Waals surface area contributed by atoms with Crippen LogP contribution in [-0.4, -0.2) is 21.0 Å². The zero-order chi connectivity index (χ0) is 17.2. The van der Waals surface area contributed by atoms with E-state index in [0.29, 0.717) is 23.1 Å². The van der Waals surface area contributed by atoms with E-state index in [-0.39, 0.29) is 5.56 Å². The predicted molar refractivity (Wildman–Crippen MR) is 96.1 cm³/mol. The summed E-state index contributed by atoms with van der Waals surface area (Å²) in [4.78, 5) is 20.3. The predicted octanol–water partition coefficient (Wildman–Crippen LogP) is 4.46. The van der Waals surface area contributed by atoms with Crippen LogP contribution in [-0.2, 0) is 0 Å². The van der Waals surface area contributed by atoms with Crippen LogP contribution >= 0.6 is 0 Å². The number of carboxylic acids is 1. The van der Waals surface area contributed by atoms with Crippen molar-refractivity contribution in [3.8, 4) is 11.4 Å². The van der Waals surface area contributed by atoms with Crippen LogP contribution in [0.25, 0.3) is 11.4 Å². The third-order valence-electron chi connectivity index (χ3n) is 4.29. The fourth-order valence-corrected chi connectivity index (χ4v) is 2.80. The van der Waals surface area contributed by atoms with Crippen molar-refractivity contribution in [3.63, 3.8) is 0 Å². The van der Waals surface area contributed by atoms with Crippen molar-refractivity contribution >= 4 is 17.3 Å². The number of nitrogens with one attached hydrogen (secondary N) is 1. The summed E-state index contributed by atoms with van der Waals surface area (Å²) in [5.41, 5.74) is 3.51. The largest absolute Gasteiger partial charge is 0.478 e. The minimum Gasteiger partial charge on any atom is -0.478 e. The quantitative estimate of drug-likeness (QED) is 0.722. The van der Waals surface area contributed by atoms with Crippen LogP contribution in [0.4, 0.5) is 11.4 Å². The lowest BCUT2D eigenvalue weighted by atomic mass is 10.0. The van der Waals surface area contributed by atoms with Gasteiger partial charge >= 0.3 is 5.97 Å². The molecule has 0 atom stereocenters. The smallest absolute Gasteiger partial charge is 0.337 e. The first-order valence-corrected chi connectivity index (χ1v) is 8.22. The molecule has 5 nitrogen and oxygen atoms in total. The summed E-state index contributed by atoms with van der Waals surface area (Å²) in [5, 5.41) is 12.6. The molecule has 2 N–H and O–H groups in total. The van der Waals surface area contributed by atoms with Crippen molar-refractivity contribution in [2.75, 3.05) is 5.32 Å². The maximum atomic E-state index is 11.6. The summed E-state index contributed by atoms with van der Waals surface area (Å²) in [6, 6.07) is 15.3. The number of carboxylic acid groups (broad SMARTS) is 1. The molecule has 1 fully saturated rings. The lowest BCUT2D eigenvalue weighted by Gasteiger charge is -2.11. The Labute approximate surface area is 145 Å². The van der Waals surface area contributed by atoms with Crippen molar-refractivity contribution in [2.45, 2.75) is 18.8 Å². The molecule has 3 aromatic rings. The summed E-state index contributed by atoms with van der Waals surface area (Å²) in [7, 11) is 0. The van der Waals surface area contributed by atoms with Gasteiger partial charge in [-0.15, -0.1) is 0 Å². The molecule has 1 heterocycles. The summed E-state index contributed by atoms with van der Waals surface area (Å²) >= 11 is 0. The number of hydrogen-bond acceptors (Lipinski definition) is 4. The Bertz CT molecular complexity index is 904. The summed E-state index contributed by atoms with van der Waals surface area (Å²) in [5.74, 6) is 0.209. The van der Waals surface area contributed by atoms with E-state index in [1.807, 2.05) is 42.5 Å². The average molecular weight is 331 g/mol. The molecule has 2 aromatic carbocycles. The fourth-order valence-electron chi connectivity index (χ4n) is 2.80. The molecule has 1 aliphatic carbocycles. The number of rotatable bonds is 5. The lowest BCUT2D eigenvalue weighted by Crippen LogP contribution is -2.04. The van der Waals surface area contributed by atoms with E-state index in [9.17, 15) is 9.90 Å². The first-order chi connectivity index (χ1) is 12.2. The molecule has 0 amide bonds. The van der Waals surface area contributed by atoms with Gasteiger partial charge in [0.1, 0.15) is 0 Å². The van der Waals surface area contributed by atoms with E-state index < -0.39 is 5.97 Å². The van der Waals surface area contributed by atoms with Crippen LogP contribution in [0.1, 0.15) is 34.7 Å². The van der Waals surface area contributed by atoms with Gasteiger partial charge in [-0.1, -0.05) is 36.4 Å². The molecule has 5 heteroatoms. The zero-order valence-electron chi connectivity index (χ0n) is 13.5. The molecular formula is C20H17N3O2. The maximum absolute atomic E-state index is 11.6. The zero-order valence-corrected chi connectivity index (χ0v) is 13.5. The molecule has 124 valence electrons. The normalized spacial score (nSPS) is 13.4. The standard InChI is InChI=1S/C20H17N3O2/c24-20(25)17-10-15(13-6-7-13)8-9-18(17)23-16-11-21-19(22-12-16)14-4-2-1-3-5-14/h1-5,8-13,23H,6-7H2,(H,24,25). The Kier molecular flexibility index (Phi) is 3.90. The number of carbonyl (C=O) groups is 1. The maximum Gasteiger partial charge on any atom is 0.337 e. The number of hydrogen-bond donors (Lipinski definition) is 2. The molecule has 0 unspecified atom stereocenters. The van der Waals surface area contributed by atoms with Gasteiger partial charge in [0.25, 0.3) is 0 Å². The van der Waals surface area contributed by atoms with Gasteiger partial charge < -0.3 is 10.4 Å². The Morgan fingerprint density at radius 2 is 1.76 bits per heavy atom. The van der Waals surface area contributed by atoms with Crippen LogP contribution in [0.5, 0.6) is 0 Å². The number of aromatic carboxylic acids is 1. The van der Waals surface area contributed by atoms with E-state index >= 15 is 0 Å². The highest BCUT2D eigenvalue weighted by molar-refractivity contribution is 5.95. The fraction of sp³-hybridized carbons (Fsp3) is 0.150. The van der Waals surface area contributed by atoms with E-state index in [1.165, 1.54) is 0 Å². The van der Waals surface area contributed by atoms with Crippen LogP contribution in [0.15, 0.2) is 60.9 Å². The van der Waals surface area contributed by atoms with Gasteiger partial charge in [-0.25, -0.2) is 14.8 Å². The number of nitrogens with zero attached hydrogens (tertiary/aromatic N) is 2. The summed E-state index contributed by atoms with van der Waals surface area (Å²) in [6.45, 7) is 0. The highest BCUT2D eigenvalue weighted by atomic mass is 16.4. The van der Waals surface area contributed by atoms with Gasteiger partial charge in [0, 0.05) is 5.56 Å². The Morgan fingerprint density at radius 3 is 2.40 bits per heavy atom. The monoisotopic (exact) mass is 331 g/mol. The third-order valence-corrected chi connectivity index (χ3v) is 4.29. The van der Waals surface area contributed by atoms with Gasteiger partial charge in [0.15, 0.2) is 5.82 Å². The Balaban J connectivity index is 1.58. The van der Waals surface area contributed by atoms with Crippen molar-refractivity contribution in [2.24, 2.45) is 0 Å². The van der Waals surface area contributed by atoms with E-state index in [2.05, 4.69) is 15.3 Å². The van der Waals surface area contributed by atoms with Crippen molar-refractivity contribution in [3.05, 3.63) is 72.1 Å². The molecule has 0 bridgehead atoms. The second-order valence-corrected chi connectivity index (χ2v) is 6.17. The molecule has 1 aromatic heterocycles. The molecule has 1 aliphatic rings. The van der Waals surface area contributed by atoms with Crippen LogP contribution in [0.2, 0.25) is 0 Å². The summed E-state index contributed by atoms with van der Waals surface area (Å²) < 4.78 is 0. The molecular weight excluding hydrogens is 314 g/mol. The molecule has 25 heavy (non-hydrogen) atoms. The topological polar surface area (TPSA) is 75.1 Å². The Morgan fingerprint density at radius 1 is 1.04 bits per heavy atom. The number of anilines is 2. The highest BCUT2D eigenvalue weighted by Crippen LogP contribution is 2.41. The molecule has 4 rings (SSSR count). The van der Waals surface area contributed by atoms with E-state index in [4.69, 9.17) is 0 Å². The SMILES string of the molecule is O=C(O)c1cc(C2CC2)ccc1Nc1cnc(-c2ccccc2)nc1. The second-order valence-electron chi connectivity index (χ2n) is 6.17. The number of benzene rings is 2. The van der Waals surface area contributed by atoms with Gasteiger partial charge in [0.05, 0.1) is 29.3 Å². The minimum absolute atomic E-state index is 0.275. The average Bonchev–Trinajstić information content (AvgIpc) is 3.48. The van der Waals surface area contributed by atoms with Gasteiger partial charge in [-0.05, 0) is 36.5 Å². The first kappa shape index (κ1) is 15.3. The van der Waals surface area contributed by atoms with Gasteiger partial charge in [-0.3, -0.25) is 0 Å². The van der Waals surface area contributed by atoms with Crippen LogP contribution in [0.3, 0.4) is 0 Å². The molecule has 0 aliphatic heterocycles. The molecule has 1 saturated carbocycles. The van der Waals surface area contributed by atoms with E-state index in [1.54, 1.807) is 18.5 Å². The van der Waals surface area contributed by atoms with E-state index in [0.717, 1.165) is 24.0 Å². The first-order valence-electron chi connectivity index (χ1n) is 8.22. The highest BCUT2D eigenvalue weighted by Gasteiger charge is 2.25. The number of aromatic nitrogens is 2. The van der Waals surface area contributed by atoms with Crippen molar-refractivity contribution in [1.82, 2.24) is 9.97 Å². The Hall–Kier alpha value is -3.21. The summed E-state index contributed by atoms with van der Waals surface area (Å²) in [6.07, 6.45) is 5.60. The third kappa shape index (κ3) is 3.35. The van der Waals surface area contributed by atoms with Crippen molar-refractivity contribution in [1.29, 1.82) is 0 Å². The lowest BCUT2D eigenvalue weighted by molar-refractivity contribution is 0.0698. The van der Waals surface area contributed by atoms with Crippen LogP contribution < -0.4 is 5.32 Å².